The number of pyridine rings is 1. The molecule has 12 heavy (non-hydrogen) atoms. The molecule has 4 nitrogen and oxygen atoms in total. The molecule has 2 heterocycles. The van der Waals surface area contributed by atoms with Crippen molar-refractivity contribution in [3.63, 3.8) is 0 Å². The van der Waals surface area contributed by atoms with E-state index in [0.717, 1.165) is 0 Å². The SMILES string of the molecule is OCc1cn2cccc(O)c2n1. The molecule has 2 N–H and O–H groups in total. The van der Waals surface area contributed by atoms with E-state index in [1.807, 2.05) is 0 Å². The smallest absolute Gasteiger partial charge is 0.179 e. The Hall–Kier alpha value is -1.55. The zero-order valence-electron chi connectivity index (χ0n) is 6.31. The van der Waals surface area contributed by atoms with Crippen LogP contribution in [0, 0.1) is 0 Å². The Bertz CT molecular complexity index is 408. The molecule has 0 radical (unpaired) electrons. The molecule has 0 fully saturated rings. The lowest BCUT2D eigenvalue weighted by Gasteiger charge is -1.92. The maximum absolute atomic E-state index is 9.32. The van der Waals surface area contributed by atoms with Crippen LogP contribution >= 0.6 is 0 Å². The van der Waals surface area contributed by atoms with Gasteiger partial charge in [-0.25, -0.2) is 4.98 Å². The normalized spacial score (nSPS) is 10.8. The molecule has 2 aromatic heterocycles. The second kappa shape index (κ2) is 2.49. The van der Waals surface area contributed by atoms with Gasteiger partial charge in [0, 0.05) is 12.4 Å². The molecule has 2 aromatic rings. The molecule has 0 spiro atoms. The van der Waals surface area contributed by atoms with Crippen molar-refractivity contribution in [2.45, 2.75) is 6.61 Å². The second-order valence-corrected chi connectivity index (χ2v) is 2.51. The van der Waals surface area contributed by atoms with Gasteiger partial charge in [0.25, 0.3) is 0 Å². The van der Waals surface area contributed by atoms with Crippen molar-refractivity contribution in [2.24, 2.45) is 0 Å². The van der Waals surface area contributed by atoms with E-state index in [-0.39, 0.29) is 12.4 Å². The molecular weight excluding hydrogens is 156 g/mol. The lowest BCUT2D eigenvalue weighted by atomic mass is 10.4. The fourth-order valence-corrected chi connectivity index (χ4v) is 1.13. The Morgan fingerprint density at radius 3 is 3.00 bits per heavy atom. The Labute approximate surface area is 68.7 Å². The van der Waals surface area contributed by atoms with Crippen LogP contribution in [0.2, 0.25) is 0 Å². The van der Waals surface area contributed by atoms with E-state index in [1.165, 1.54) is 0 Å². The predicted octanol–water partition coefficient (Wildman–Crippen LogP) is 0.532. The Balaban J connectivity index is 2.74. The number of hydrogen-bond donors (Lipinski definition) is 2. The highest BCUT2D eigenvalue weighted by Gasteiger charge is 2.02. The quantitative estimate of drug-likeness (QED) is 0.646. The third-order valence-electron chi connectivity index (χ3n) is 1.67. The summed E-state index contributed by atoms with van der Waals surface area (Å²) in [5, 5.41) is 18.1. The number of rotatable bonds is 1. The number of imidazole rings is 1. The largest absolute Gasteiger partial charge is 0.504 e. The fourth-order valence-electron chi connectivity index (χ4n) is 1.13. The third kappa shape index (κ3) is 0.931. The molecule has 0 saturated carbocycles. The first-order valence-corrected chi connectivity index (χ1v) is 3.57. The van der Waals surface area contributed by atoms with Gasteiger partial charge < -0.3 is 14.6 Å². The van der Waals surface area contributed by atoms with Crippen molar-refractivity contribution in [1.29, 1.82) is 0 Å². The first kappa shape index (κ1) is 7.12. The number of hydrogen-bond acceptors (Lipinski definition) is 3. The van der Waals surface area contributed by atoms with Crippen LogP contribution in [0.25, 0.3) is 5.65 Å². The summed E-state index contributed by atoms with van der Waals surface area (Å²) in [5.41, 5.74) is 1.03. The van der Waals surface area contributed by atoms with Gasteiger partial charge in [0.1, 0.15) is 0 Å². The molecule has 0 aliphatic rings. The molecule has 0 unspecified atom stereocenters. The van der Waals surface area contributed by atoms with Gasteiger partial charge in [-0.05, 0) is 12.1 Å². The maximum atomic E-state index is 9.32. The number of nitrogens with zero attached hydrogens (tertiary/aromatic N) is 2. The molecule has 0 bridgehead atoms. The predicted molar refractivity (Wildman–Crippen MR) is 42.8 cm³/mol. The number of fused-ring (bicyclic) bond motifs is 1. The number of aliphatic hydroxyl groups is 1. The molecule has 2 rings (SSSR count). The number of aromatic nitrogens is 2. The van der Waals surface area contributed by atoms with Gasteiger partial charge in [0.15, 0.2) is 11.4 Å². The van der Waals surface area contributed by atoms with Crippen LogP contribution in [0.5, 0.6) is 5.75 Å². The molecule has 0 aliphatic heterocycles. The summed E-state index contributed by atoms with van der Waals surface area (Å²) >= 11 is 0. The molecule has 0 amide bonds. The Kier molecular flexibility index (Phi) is 1.48. The lowest BCUT2D eigenvalue weighted by molar-refractivity contribution is 0.277. The van der Waals surface area contributed by atoms with Crippen LogP contribution in [0.15, 0.2) is 24.5 Å². The Morgan fingerprint density at radius 2 is 2.33 bits per heavy atom. The number of aromatic hydroxyl groups is 1. The first-order valence-electron chi connectivity index (χ1n) is 3.57. The highest BCUT2D eigenvalue weighted by atomic mass is 16.3. The summed E-state index contributed by atoms with van der Waals surface area (Å²) in [6.07, 6.45) is 3.44. The van der Waals surface area contributed by atoms with Crippen LogP contribution < -0.4 is 0 Å². The zero-order valence-corrected chi connectivity index (χ0v) is 6.31. The van der Waals surface area contributed by atoms with E-state index in [1.54, 1.807) is 28.9 Å². The highest BCUT2D eigenvalue weighted by molar-refractivity contribution is 5.53. The van der Waals surface area contributed by atoms with Gasteiger partial charge in [-0.15, -0.1) is 0 Å². The molecule has 62 valence electrons. The highest BCUT2D eigenvalue weighted by Crippen LogP contribution is 2.16. The van der Waals surface area contributed by atoms with Crippen molar-refractivity contribution in [3.8, 4) is 5.75 Å². The first-order chi connectivity index (χ1) is 5.81. The average molecular weight is 164 g/mol. The van der Waals surface area contributed by atoms with Crippen molar-refractivity contribution in [1.82, 2.24) is 9.38 Å². The van der Waals surface area contributed by atoms with Crippen molar-refractivity contribution in [2.75, 3.05) is 0 Å². The topological polar surface area (TPSA) is 57.8 Å². The van der Waals surface area contributed by atoms with E-state index in [0.29, 0.717) is 11.3 Å². The van der Waals surface area contributed by atoms with Gasteiger partial charge in [-0.2, -0.15) is 0 Å². The van der Waals surface area contributed by atoms with Crippen LogP contribution in [0.4, 0.5) is 0 Å². The summed E-state index contributed by atoms with van der Waals surface area (Å²) in [6.45, 7) is -0.110. The van der Waals surface area contributed by atoms with Crippen molar-refractivity contribution < 1.29 is 10.2 Å². The molecule has 0 atom stereocenters. The summed E-state index contributed by atoms with van der Waals surface area (Å²) < 4.78 is 1.67. The molecule has 0 aromatic carbocycles. The molecular formula is C8H8N2O2. The molecule has 0 aliphatic carbocycles. The summed E-state index contributed by atoms with van der Waals surface area (Å²) in [7, 11) is 0. The standard InChI is InChI=1S/C8H8N2O2/c11-5-6-4-10-3-1-2-7(12)8(10)9-6/h1-4,11-12H,5H2. The third-order valence-corrected chi connectivity index (χ3v) is 1.67. The van der Waals surface area contributed by atoms with Gasteiger partial charge in [0.05, 0.1) is 12.3 Å². The second-order valence-electron chi connectivity index (χ2n) is 2.51. The van der Waals surface area contributed by atoms with E-state index in [9.17, 15) is 5.11 Å². The van der Waals surface area contributed by atoms with Crippen molar-refractivity contribution in [3.05, 3.63) is 30.2 Å². The Morgan fingerprint density at radius 1 is 1.50 bits per heavy atom. The minimum absolute atomic E-state index is 0.110. The minimum atomic E-state index is -0.110. The molecule has 4 heteroatoms. The van der Waals surface area contributed by atoms with Gasteiger partial charge in [-0.1, -0.05) is 0 Å². The fraction of sp³-hybridized carbons (Fsp3) is 0.125. The summed E-state index contributed by atoms with van der Waals surface area (Å²) in [5.74, 6) is 0.122. The molecule has 0 saturated heterocycles. The van der Waals surface area contributed by atoms with Gasteiger partial charge >= 0.3 is 0 Å². The average Bonchev–Trinajstić information content (AvgIpc) is 2.49. The minimum Gasteiger partial charge on any atom is -0.504 e. The summed E-state index contributed by atoms with van der Waals surface area (Å²) in [6, 6.07) is 3.27. The van der Waals surface area contributed by atoms with Crippen LogP contribution in [0.3, 0.4) is 0 Å². The van der Waals surface area contributed by atoms with Crippen LogP contribution in [-0.4, -0.2) is 19.6 Å². The van der Waals surface area contributed by atoms with Crippen molar-refractivity contribution >= 4 is 5.65 Å². The van der Waals surface area contributed by atoms with Gasteiger partial charge in [-0.3, -0.25) is 0 Å². The monoisotopic (exact) mass is 164 g/mol. The van der Waals surface area contributed by atoms with E-state index >= 15 is 0 Å². The van der Waals surface area contributed by atoms with E-state index in [4.69, 9.17) is 5.11 Å². The van der Waals surface area contributed by atoms with E-state index < -0.39 is 0 Å². The van der Waals surface area contributed by atoms with Crippen LogP contribution in [0.1, 0.15) is 5.69 Å². The maximum Gasteiger partial charge on any atom is 0.179 e. The van der Waals surface area contributed by atoms with Crippen LogP contribution in [-0.2, 0) is 6.61 Å². The number of aliphatic hydroxyl groups excluding tert-OH is 1. The van der Waals surface area contributed by atoms with Gasteiger partial charge in [0.2, 0.25) is 0 Å². The van der Waals surface area contributed by atoms with E-state index in [2.05, 4.69) is 4.98 Å². The zero-order chi connectivity index (χ0) is 8.55. The summed E-state index contributed by atoms with van der Waals surface area (Å²) in [4.78, 5) is 3.99. The lowest BCUT2D eigenvalue weighted by Crippen LogP contribution is -1.80.